The Bertz CT molecular complexity index is 1200. The molecule has 1 fully saturated rings. The van der Waals surface area contributed by atoms with Gasteiger partial charge in [-0.25, -0.2) is 4.79 Å². The minimum absolute atomic E-state index is 0.124. The van der Waals surface area contributed by atoms with Gasteiger partial charge in [0.2, 0.25) is 0 Å². The van der Waals surface area contributed by atoms with Crippen LogP contribution in [0, 0.1) is 5.92 Å². The molecule has 0 aliphatic carbocycles. The maximum atomic E-state index is 13.9. The van der Waals surface area contributed by atoms with Crippen molar-refractivity contribution in [1.29, 1.82) is 0 Å². The number of ether oxygens (including phenoxy) is 3. The number of hydrogen-bond acceptors (Lipinski definition) is 5. The molecular weight excluding hydrogens is 466 g/mol. The second kappa shape index (κ2) is 10.9. The van der Waals surface area contributed by atoms with Crippen molar-refractivity contribution in [1.82, 2.24) is 4.90 Å². The highest BCUT2D eigenvalue weighted by Crippen LogP contribution is 2.44. The van der Waals surface area contributed by atoms with E-state index < -0.39 is 18.1 Å². The van der Waals surface area contributed by atoms with Crippen LogP contribution in [0.4, 0.5) is 0 Å². The molecule has 0 saturated carbocycles. The van der Waals surface area contributed by atoms with Gasteiger partial charge in [0, 0.05) is 29.2 Å². The van der Waals surface area contributed by atoms with Crippen LogP contribution in [0.1, 0.15) is 28.4 Å². The predicted molar refractivity (Wildman–Crippen MR) is 135 cm³/mol. The molecule has 182 valence electrons. The molecule has 3 aromatic rings. The third-order valence-corrected chi connectivity index (χ3v) is 6.81. The van der Waals surface area contributed by atoms with Crippen LogP contribution in [0.15, 0.2) is 72.8 Å². The van der Waals surface area contributed by atoms with Gasteiger partial charge in [0.05, 0.1) is 26.9 Å². The van der Waals surface area contributed by atoms with Gasteiger partial charge >= 0.3 is 5.97 Å². The predicted octanol–water partition coefficient (Wildman–Crippen LogP) is 5.41. The zero-order valence-electron chi connectivity index (χ0n) is 19.9. The zero-order chi connectivity index (χ0) is 24.9. The van der Waals surface area contributed by atoms with Crippen LogP contribution < -0.4 is 4.74 Å². The molecule has 1 aliphatic heterocycles. The summed E-state index contributed by atoms with van der Waals surface area (Å²) in [6, 6.07) is 21.2. The van der Waals surface area contributed by atoms with E-state index in [0.717, 1.165) is 22.4 Å². The van der Waals surface area contributed by atoms with Crippen molar-refractivity contribution in [2.24, 2.45) is 5.92 Å². The molecule has 1 aliphatic rings. The molecule has 1 amide bonds. The summed E-state index contributed by atoms with van der Waals surface area (Å²) in [5.41, 5.74) is 3.09. The fourth-order valence-corrected chi connectivity index (χ4v) is 5.13. The van der Waals surface area contributed by atoms with Gasteiger partial charge in [-0.2, -0.15) is 0 Å². The Kier molecular flexibility index (Phi) is 7.73. The van der Waals surface area contributed by atoms with Crippen LogP contribution >= 0.6 is 11.6 Å². The third-order valence-electron chi connectivity index (χ3n) is 6.47. The van der Waals surface area contributed by atoms with E-state index in [-0.39, 0.29) is 11.8 Å². The highest BCUT2D eigenvalue weighted by Gasteiger charge is 2.48. The van der Waals surface area contributed by atoms with Crippen LogP contribution in [0.5, 0.6) is 5.75 Å². The average molecular weight is 494 g/mol. The van der Waals surface area contributed by atoms with Crippen molar-refractivity contribution < 1.29 is 23.8 Å². The number of carbonyl (C=O) groups is 2. The van der Waals surface area contributed by atoms with E-state index >= 15 is 0 Å². The molecule has 1 saturated heterocycles. The number of methoxy groups -OCH3 is 3. The van der Waals surface area contributed by atoms with Crippen LogP contribution in [-0.4, -0.2) is 50.8 Å². The molecule has 0 spiro atoms. The number of likely N-dealkylation sites (tertiary alicyclic amines) is 1. The zero-order valence-corrected chi connectivity index (χ0v) is 20.7. The molecule has 1 heterocycles. The average Bonchev–Trinajstić information content (AvgIpc) is 3.27. The third kappa shape index (κ3) is 4.90. The van der Waals surface area contributed by atoms with Crippen LogP contribution in [0.25, 0.3) is 11.1 Å². The SMILES string of the molecule is COCC1CC(C(=O)OC)N(C(=O)c2ccc(-c3ccccc3OC)cc2)C1c1ccccc1Cl. The summed E-state index contributed by atoms with van der Waals surface area (Å²) in [4.78, 5) is 28.3. The number of halogens is 1. The number of hydrogen-bond donors (Lipinski definition) is 0. The Morgan fingerprint density at radius 2 is 1.63 bits per heavy atom. The number of nitrogens with zero attached hydrogens (tertiary/aromatic N) is 1. The standard InChI is InChI=1S/C28H28ClNO5/c1-33-17-20-16-24(28(32)35-3)30(26(20)22-9-4-6-10-23(22)29)27(31)19-14-12-18(13-15-19)21-8-5-7-11-25(21)34-2/h4-15,20,24,26H,16-17H2,1-3H3. The first-order chi connectivity index (χ1) is 17.0. The Balaban J connectivity index is 1.74. The first-order valence-corrected chi connectivity index (χ1v) is 11.7. The van der Waals surface area contributed by atoms with Crippen LogP contribution in [0.2, 0.25) is 5.02 Å². The highest BCUT2D eigenvalue weighted by molar-refractivity contribution is 6.31. The second-order valence-electron chi connectivity index (χ2n) is 8.45. The summed E-state index contributed by atoms with van der Waals surface area (Å²) in [5.74, 6) is -0.103. The quantitative estimate of drug-likeness (QED) is 0.412. The van der Waals surface area contributed by atoms with Gasteiger partial charge < -0.3 is 19.1 Å². The van der Waals surface area contributed by atoms with Crippen molar-refractivity contribution in [3.05, 3.63) is 88.9 Å². The lowest BCUT2D eigenvalue weighted by atomic mass is 9.93. The Hall–Kier alpha value is -3.35. The number of benzene rings is 3. The van der Waals surface area contributed by atoms with Crippen molar-refractivity contribution in [3.8, 4) is 16.9 Å². The summed E-state index contributed by atoms with van der Waals surface area (Å²) >= 11 is 6.56. The Morgan fingerprint density at radius 3 is 2.29 bits per heavy atom. The van der Waals surface area contributed by atoms with Gasteiger partial charge in [-0.15, -0.1) is 0 Å². The molecule has 3 atom stereocenters. The summed E-state index contributed by atoms with van der Waals surface area (Å²) in [7, 11) is 4.57. The van der Waals surface area contributed by atoms with Gasteiger partial charge in [-0.1, -0.05) is 60.1 Å². The van der Waals surface area contributed by atoms with E-state index in [2.05, 4.69) is 0 Å². The van der Waals surface area contributed by atoms with E-state index in [9.17, 15) is 9.59 Å². The monoisotopic (exact) mass is 493 g/mol. The van der Waals surface area contributed by atoms with Crippen molar-refractivity contribution in [2.45, 2.75) is 18.5 Å². The molecule has 3 unspecified atom stereocenters. The number of carbonyl (C=O) groups excluding carboxylic acids is 2. The number of esters is 1. The molecule has 3 aromatic carbocycles. The van der Waals surface area contributed by atoms with Crippen LogP contribution in [0.3, 0.4) is 0 Å². The van der Waals surface area contributed by atoms with E-state index in [1.807, 2.05) is 54.6 Å². The van der Waals surface area contributed by atoms with Crippen molar-refractivity contribution in [3.63, 3.8) is 0 Å². The first-order valence-electron chi connectivity index (χ1n) is 11.4. The molecule has 4 rings (SSSR count). The van der Waals surface area contributed by atoms with E-state index in [1.54, 1.807) is 37.3 Å². The normalized spacial score (nSPS) is 19.4. The number of amides is 1. The molecule has 35 heavy (non-hydrogen) atoms. The fraction of sp³-hybridized carbons (Fsp3) is 0.286. The van der Waals surface area contributed by atoms with Gasteiger partial charge in [-0.3, -0.25) is 4.79 Å². The summed E-state index contributed by atoms with van der Waals surface area (Å²) in [5, 5.41) is 0.536. The second-order valence-corrected chi connectivity index (χ2v) is 8.85. The summed E-state index contributed by atoms with van der Waals surface area (Å²) in [6.07, 6.45) is 0.418. The Morgan fingerprint density at radius 1 is 0.943 bits per heavy atom. The number of para-hydroxylation sites is 1. The van der Waals surface area contributed by atoms with Crippen molar-refractivity contribution >= 4 is 23.5 Å². The van der Waals surface area contributed by atoms with E-state index in [1.165, 1.54) is 7.11 Å². The van der Waals surface area contributed by atoms with Crippen molar-refractivity contribution in [2.75, 3.05) is 27.9 Å². The smallest absolute Gasteiger partial charge is 0.328 e. The number of rotatable bonds is 7. The molecular formula is C28H28ClNO5. The van der Waals surface area contributed by atoms with Gasteiger partial charge in [0.1, 0.15) is 11.8 Å². The van der Waals surface area contributed by atoms with Crippen LogP contribution in [-0.2, 0) is 14.3 Å². The largest absolute Gasteiger partial charge is 0.496 e. The maximum Gasteiger partial charge on any atom is 0.328 e. The topological polar surface area (TPSA) is 65.1 Å². The molecule has 0 radical (unpaired) electrons. The molecule has 7 heteroatoms. The first kappa shape index (κ1) is 24.8. The lowest BCUT2D eigenvalue weighted by Crippen LogP contribution is -2.42. The lowest BCUT2D eigenvalue weighted by molar-refractivity contribution is -0.145. The highest BCUT2D eigenvalue weighted by atomic mass is 35.5. The Labute approximate surface area is 210 Å². The fourth-order valence-electron chi connectivity index (χ4n) is 4.88. The molecule has 0 N–H and O–H groups in total. The molecule has 0 bridgehead atoms. The minimum atomic E-state index is -0.747. The van der Waals surface area contributed by atoms with Gasteiger partial charge in [-0.05, 0) is 41.8 Å². The van der Waals surface area contributed by atoms with Gasteiger partial charge in [0.25, 0.3) is 5.91 Å². The molecule has 6 nitrogen and oxygen atoms in total. The van der Waals surface area contributed by atoms with E-state index in [4.69, 9.17) is 25.8 Å². The molecule has 0 aromatic heterocycles. The lowest BCUT2D eigenvalue weighted by Gasteiger charge is -2.31. The van der Waals surface area contributed by atoms with Gasteiger partial charge in [0.15, 0.2) is 0 Å². The summed E-state index contributed by atoms with van der Waals surface area (Å²) in [6.45, 7) is 0.375. The van der Waals surface area contributed by atoms with E-state index in [0.29, 0.717) is 23.6 Å². The minimum Gasteiger partial charge on any atom is -0.496 e. The maximum absolute atomic E-state index is 13.9. The summed E-state index contributed by atoms with van der Waals surface area (Å²) < 4.78 is 16.0.